The van der Waals surface area contributed by atoms with Crippen molar-refractivity contribution < 1.29 is 8.78 Å². The van der Waals surface area contributed by atoms with E-state index in [9.17, 15) is 8.78 Å². The maximum absolute atomic E-state index is 13.5. The molecule has 0 spiro atoms. The van der Waals surface area contributed by atoms with Gasteiger partial charge in [0, 0.05) is 12.8 Å². The molecule has 1 fully saturated rings. The van der Waals surface area contributed by atoms with Gasteiger partial charge in [-0.25, -0.2) is 8.78 Å². The van der Waals surface area contributed by atoms with E-state index in [4.69, 9.17) is 23.2 Å². The highest BCUT2D eigenvalue weighted by Crippen LogP contribution is 2.46. The molecule has 0 saturated heterocycles. The molecule has 1 unspecified atom stereocenters. The fourth-order valence-electron chi connectivity index (χ4n) is 2.60. The summed E-state index contributed by atoms with van der Waals surface area (Å²) in [5, 5.41) is 0.890. The van der Waals surface area contributed by atoms with Gasteiger partial charge in [-0.1, -0.05) is 36.2 Å². The van der Waals surface area contributed by atoms with E-state index in [0.29, 0.717) is 16.5 Å². The van der Waals surface area contributed by atoms with Gasteiger partial charge in [0.25, 0.3) is 0 Å². The molecule has 0 radical (unpaired) electrons. The minimum Gasteiger partial charge on any atom is -0.207 e. The molecule has 0 N–H and O–H groups in total. The largest absolute Gasteiger partial charge is 0.249 e. The molecule has 2 rings (SSSR count). The normalized spacial score (nSPS) is 28.1. The van der Waals surface area contributed by atoms with Gasteiger partial charge in [-0.05, 0) is 36.0 Å². The SMILES string of the molecule is CC1(c2ccc(Cl)c(Cl)c2)CCCC(F)(F)C1. The lowest BCUT2D eigenvalue weighted by molar-refractivity contribution is -0.0582. The first-order valence-electron chi connectivity index (χ1n) is 5.66. The smallest absolute Gasteiger partial charge is 0.207 e. The van der Waals surface area contributed by atoms with E-state index in [1.807, 2.05) is 6.92 Å². The second kappa shape index (κ2) is 4.40. The lowest BCUT2D eigenvalue weighted by Gasteiger charge is -2.38. The Hall–Kier alpha value is -0.340. The number of alkyl halides is 2. The summed E-state index contributed by atoms with van der Waals surface area (Å²) in [5.74, 6) is -2.57. The Bertz CT molecular complexity index is 431. The van der Waals surface area contributed by atoms with Crippen LogP contribution in [0.5, 0.6) is 0 Å². The molecule has 4 heteroatoms. The van der Waals surface area contributed by atoms with Crippen molar-refractivity contribution in [2.45, 2.75) is 43.9 Å². The second-order valence-corrected chi connectivity index (χ2v) is 5.89. The van der Waals surface area contributed by atoms with Crippen LogP contribution in [0.15, 0.2) is 18.2 Å². The molecule has 1 aromatic rings. The Morgan fingerprint density at radius 3 is 2.41 bits per heavy atom. The average Bonchev–Trinajstić information content (AvgIpc) is 2.20. The van der Waals surface area contributed by atoms with Gasteiger partial charge in [0.1, 0.15) is 0 Å². The number of benzene rings is 1. The molecular formula is C13H14Cl2F2. The van der Waals surface area contributed by atoms with Crippen molar-refractivity contribution in [2.75, 3.05) is 0 Å². The van der Waals surface area contributed by atoms with Crippen molar-refractivity contribution in [3.8, 4) is 0 Å². The van der Waals surface area contributed by atoms with Gasteiger partial charge in [0.2, 0.25) is 5.92 Å². The van der Waals surface area contributed by atoms with Crippen LogP contribution >= 0.6 is 23.2 Å². The summed E-state index contributed by atoms with van der Waals surface area (Å²) >= 11 is 11.8. The van der Waals surface area contributed by atoms with Gasteiger partial charge in [-0.15, -0.1) is 0 Å². The highest BCUT2D eigenvalue weighted by Gasteiger charge is 2.43. The average molecular weight is 279 g/mol. The Morgan fingerprint density at radius 2 is 1.82 bits per heavy atom. The van der Waals surface area contributed by atoms with E-state index >= 15 is 0 Å². The highest BCUT2D eigenvalue weighted by atomic mass is 35.5. The molecule has 0 nitrogen and oxygen atoms in total. The Balaban J connectivity index is 2.34. The minimum atomic E-state index is -2.57. The summed E-state index contributed by atoms with van der Waals surface area (Å²) in [6.45, 7) is 1.87. The Labute approximate surface area is 110 Å². The van der Waals surface area contributed by atoms with Crippen molar-refractivity contribution >= 4 is 23.2 Å². The van der Waals surface area contributed by atoms with Crippen molar-refractivity contribution in [1.29, 1.82) is 0 Å². The summed E-state index contributed by atoms with van der Waals surface area (Å²) in [4.78, 5) is 0. The molecule has 1 saturated carbocycles. The lowest BCUT2D eigenvalue weighted by Crippen LogP contribution is -2.36. The van der Waals surface area contributed by atoms with E-state index in [1.165, 1.54) is 0 Å². The molecular weight excluding hydrogens is 265 g/mol. The van der Waals surface area contributed by atoms with Crippen LogP contribution in [0, 0.1) is 0 Å². The fourth-order valence-corrected chi connectivity index (χ4v) is 2.90. The molecule has 0 aliphatic heterocycles. The van der Waals surface area contributed by atoms with Gasteiger partial charge in [0.15, 0.2) is 0 Å². The number of hydrogen-bond donors (Lipinski definition) is 0. The zero-order valence-corrected chi connectivity index (χ0v) is 11.1. The third-order valence-electron chi connectivity index (χ3n) is 3.54. The third-order valence-corrected chi connectivity index (χ3v) is 4.28. The van der Waals surface area contributed by atoms with E-state index in [-0.39, 0.29) is 12.8 Å². The second-order valence-electron chi connectivity index (χ2n) is 5.08. The Kier molecular flexibility index (Phi) is 3.39. The molecule has 0 amide bonds. The first kappa shape index (κ1) is 13.1. The van der Waals surface area contributed by atoms with Crippen LogP contribution in [0.1, 0.15) is 38.2 Å². The molecule has 0 bridgehead atoms. The van der Waals surface area contributed by atoms with Crippen LogP contribution in [-0.4, -0.2) is 5.92 Å². The predicted molar refractivity (Wildman–Crippen MR) is 67.2 cm³/mol. The van der Waals surface area contributed by atoms with E-state index < -0.39 is 11.3 Å². The van der Waals surface area contributed by atoms with Crippen LogP contribution in [0.2, 0.25) is 10.0 Å². The van der Waals surface area contributed by atoms with Crippen molar-refractivity contribution in [3.63, 3.8) is 0 Å². The highest BCUT2D eigenvalue weighted by molar-refractivity contribution is 6.42. The quantitative estimate of drug-likeness (QED) is 0.640. The number of halogens is 4. The zero-order chi connectivity index (χ0) is 12.7. The van der Waals surface area contributed by atoms with E-state index in [0.717, 1.165) is 12.0 Å². The summed E-state index contributed by atoms with van der Waals surface area (Å²) in [5.41, 5.74) is 0.349. The first-order chi connectivity index (χ1) is 7.82. The summed E-state index contributed by atoms with van der Waals surface area (Å²) in [6.07, 6.45) is 1.19. The number of hydrogen-bond acceptors (Lipinski definition) is 0. The maximum Gasteiger partial charge on any atom is 0.249 e. The fraction of sp³-hybridized carbons (Fsp3) is 0.538. The van der Waals surface area contributed by atoms with Crippen LogP contribution in [0.4, 0.5) is 8.78 Å². The third kappa shape index (κ3) is 2.74. The van der Waals surface area contributed by atoms with Gasteiger partial charge < -0.3 is 0 Å². The van der Waals surface area contributed by atoms with Gasteiger partial charge >= 0.3 is 0 Å². The van der Waals surface area contributed by atoms with Crippen LogP contribution < -0.4 is 0 Å². The summed E-state index contributed by atoms with van der Waals surface area (Å²) < 4.78 is 27.0. The number of rotatable bonds is 1. The first-order valence-corrected chi connectivity index (χ1v) is 6.41. The van der Waals surface area contributed by atoms with Crippen molar-refractivity contribution in [2.24, 2.45) is 0 Å². The minimum absolute atomic E-state index is 0.0100. The zero-order valence-electron chi connectivity index (χ0n) is 9.57. The molecule has 1 aromatic carbocycles. The molecule has 1 atom stereocenters. The van der Waals surface area contributed by atoms with Gasteiger partial charge in [-0.3, -0.25) is 0 Å². The Morgan fingerprint density at radius 1 is 1.12 bits per heavy atom. The lowest BCUT2D eigenvalue weighted by atomic mass is 9.69. The van der Waals surface area contributed by atoms with Crippen LogP contribution in [0.3, 0.4) is 0 Å². The van der Waals surface area contributed by atoms with Gasteiger partial charge in [-0.2, -0.15) is 0 Å². The van der Waals surface area contributed by atoms with Crippen LogP contribution in [-0.2, 0) is 5.41 Å². The monoisotopic (exact) mass is 278 g/mol. The van der Waals surface area contributed by atoms with Crippen molar-refractivity contribution in [3.05, 3.63) is 33.8 Å². The molecule has 0 heterocycles. The van der Waals surface area contributed by atoms with E-state index in [1.54, 1.807) is 18.2 Å². The van der Waals surface area contributed by atoms with E-state index in [2.05, 4.69) is 0 Å². The molecule has 17 heavy (non-hydrogen) atoms. The van der Waals surface area contributed by atoms with Crippen LogP contribution in [0.25, 0.3) is 0 Å². The topological polar surface area (TPSA) is 0 Å². The molecule has 0 aromatic heterocycles. The summed E-state index contributed by atoms with van der Waals surface area (Å²) in [7, 11) is 0. The molecule has 94 valence electrons. The van der Waals surface area contributed by atoms with Gasteiger partial charge in [0.05, 0.1) is 10.0 Å². The standard InChI is InChI=1S/C13H14Cl2F2/c1-12(5-2-6-13(16,17)8-12)9-3-4-10(14)11(15)7-9/h3-4,7H,2,5-6,8H2,1H3. The molecule has 1 aliphatic carbocycles. The maximum atomic E-state index is 13.5. The van der Waals surface area contributed by atoms with Crippen molar-refractivity contribution in [1.82, 2.24) is 0 Å². The predicted octanol–water partition coefficient (Wildman–Crippen LogP) is 5.46. The molecule has 1 aliphatic rings. The summed E-state index contributed by atoms with van der Waals surface area (Å²) in [6, 6.07) is 5.19.